The topological polar surface area (TPSA) is 31.2 Å². The zero-order valence-corrected chi connectivity index (χ0v) is 14.1. The van der Waals surface area contributed by atoms with Gasteiger partial charge in [0.2, 0.25) is 0 Å². The molecule has 0 saturated heterocycles. The van der Waals surface area contributed by atoms with E-state index in [0.29, 0.717) is 12.3 Å². The SMILES string of the molecule is CCOC(=O)c1cc(-c2ccc(F)cc2)c2n1-c1ccccc1C2C. The largest absolute Gasteiger partial charge is 0.461 e. The van der Waals surface area contributed by atoms with Gasteiger partial charge in [-0.15, -0.1) is 0 Å². The second-order valence-electron chi connectivity index (χ2n) is 6.17. The second kappa shape index (κ2) is 5.88. The van der Waals surface area contributed by atoms with Crippen LogP contribution in [0.1, 0.15) is 41.5 Å². The first kappa shape index (κ1) is 15.6. The summed E-state index contributed by atoms with van der Waals surface area (Å²) in [4.78, 5) is 12.5. The van der Waals surface area contributed by atoms with E-state index in [1.165, 1.54) is 17.7 Å². The molecule has 126 valence electrons. The molecule has 0 saturated carbocycles. The number of hydrogen-bond donors (Lipinski definition) is 0. The first-order valence-corrected chi connectivity index (χ1v) is 8.39. The second-order valence-corrected chi connectivity index (χ2v) is 6.17. The van der Waals surface area contributed by atoms with Crippen molar-refractivity contribution < 1.29 is 13.9 Å². The Hall–Kier alpha value is -2.88. The summed E-state index contributed by atoms with van der Waals surface area (Å²) in [7, 11) is 0. The quantitative estimate of drug-likeness (QED) is 0.636. The molecule has 0 aliphatic carbocycles. The van der Waals surface area contributed by atoms with Gasteiger partial charge in [-0.3, -0.25) is 0 Å². The number of hydrogen-bond acceptors (Lipinski definition) is 2. The molecule has 0 bridgehead atoms. The molecule has 1 aliphatic heterocycles. The average molecular weight is 335 g/mol. The summed E-state index contributed by atoms with van der Waals surface area (Å²) in [5, 5.41) is 0. The molecule has 0 fully saturated rings. The summed E-state index contributed by atoms with van der Waals surface area (Å²) in [6.45, 7) is 4.24. The van der Waals surface area contributed by atoms with Crippen molar-refractivity contribution in [2.45, 2.75) is 19.8 Å². The highest BCUT2D eigenvalue weighted by molar-refractivity contribution is 5.93. The summed E-state index contributed by atoms with van der Waals surface area (Å²) in [5.74, 6) is -0.484. The standard InChI is InChI=1S/C21H18FNO2/c1-3-25-21(24)19-12-17(14-8-10-15(22)11-9-14)20-13(2)16-6-4-5-7-18(16)23(19)20/h4-13H,3H2,1-2H3. The number of carbonyl (C=O) groups is 1. The third-order valence-electron chi connectivity index (χ3n) is 4.73. The van der Waals surface area contributed by atoms with E-state index in [-0.39, 0.29) is 17.7 Å². The van der Waals surface area contributed by atoms with E-state index in [2.05, 4.69) is 13.0 Å². The van der Waals surface area contributed by atoms with Crippen LogP contribution in [0.3, 0.4) is 0 Å². The normalized spacial score (nSPS) is 14.9. The van der Waals surface area contributed by atoms with E-state index >= 15 is 0 Å². The van der Waals surface area contributed by atoms with Crippen molar-refractivity contribution in [1.29, 1.82) is 0 Å². The summed E-state index contributed by atoms with van der Waals surface area (Å²) < 4.78 is 20.6. The third-order valence-corrected chi connectivity index (χ3v) is 4.73. The Balaban J connectivity index is 1.97. The van der Waals surface area contributed by atoms with E-state index in [4.69, 9.17) is 4.74 Å². The monoisotopic (exact) mass is 335 g/mol. The van der Waals surface area contributed by atoms with Crippen LogP contribution in [0, 0.1) is 5.82 Å². The smallest absolute Gasteiger partial charge is 0.355 e. The number of nitrogens with zero attached hydrogens (tertiary/aromatic N) is 1. The maximum Gasteiger partial charge on any atom is 0.355 e. The van der Waals surface area contributed by atoms with Crippen LogP contribution in [-0.2, 0) is 4.74 Å². The fraction of sp³-hybridized carbons (Fsp3) is 0.190. The van der Waals surface area contributed by atoms with Crippen molar-refractivity contribution >= 4 is 5.97 Å². The minimum absolute atomic E-state index is 0.138. The molecule has 4 rings (SSSR count). The number of carbonyl (C=O) groups excluding carboxylic acids is 1. The Bertz CT molecular complexity index is 957. The van der Waals surface area contributed by atoms with Gasteiger partial charge >= 0.3 is 5.97 Å². The first-order chi connectivity index (χ1) is 12.1. The lowest BCUT2D eigenvalue weighted by Gasteiger charge is -2.08. The summed E-state index contributed by atoms with van der Waals surface area (Å²) >= 11 is 0. The third kappa shape index (κ3) is 2.37. The fourth-order valence-corrected chi connectivity index (χ4v) is 3.63. The Kier molecular flexibility index (Phi) is 3.68. The van der Waals surface area contributed by atoms with Gasteiger partial charge in [0.15, 0.2) is 0 Å². The Morgan fingerprint density at radius 1 is 1.16 bits per heavy atom. The summed E-state index contributed by atoms with van der Waals surface area (Å²) in [5.41, 5.74) is 5.55. The molecule has 0 amide bonds. The summed E-state index contributed by atoms with van der Waals surface area (Å²) in [6.07, 6.45) is 0. The van der Waals surface area contributed by atoms with Crippen LogP contribution in [0.25, 0.3) is 16.8 Å². The van der Waals surface area contributed by atoms with Crippen LogP contribution in [-0.4, -0.2) is 17.1 Å². The predicted octanol–water partition coefficient (Wildman–Crippen LogP) is 4.93. The number of para-hydroxylation sites is 1. The van der Waals surface area contributed by atoms with Gasteiger partial charge in [0.05, 0.1) is 6.61 Å². The van der Waals surface area contributed by atoms with Crippen LogP contribution >= 0.6 is 0 Å². The zero-order chi connectivity index (χ0) is 17.6. The Labute approximate surface area is 145 Å². The molecule has 3 aromatic rings. The van der Waals surface area contributed by atoms with Crippen LogP contribution in [0.2, 0.25) is 0 Å². The van der Waals surface area contributed by atoms with Crippen LogP contribution < -0.4 is 0 Å². The lowest BCUT2D eigenvalue weighted by Crippen LogP contribution is -2.10. The van der Waals surface area contributed by atoms with Gasteiger partial charge in [-0.2, -0.15) is 0 Å². The van der Waals surface area contributed by atoms with Gasteiger partial charge in [0.25, 0.3) is 0 Å². The van der Waals surface area contributed by atoms with Crippen LogP contribution in [0.15, 0.2) is 54.6 Å². The molecular formula is C21H18FNO2. The molecule has 25 heavy (non-hydrogen) atoms. The Morgan fingerprint density at radius 2 is 1.88 bits per heavy atom. The average Bonchev–Trinajstić information content (AvgIpc) is 3.14. The lowest BCUT2D eigenvalue weighted by atomic mass is 9.94. The van der Waals surface area contributed by atoms with Gasteiger partial charge in [-0.1, -0.05) is 37.3 Å². The zero-order valence-electron chi connectivity index (χ0n) is 14.1. The highest BCUT2D eigenvalue weighted by Gasteiger charge is 2.33. The van der Waals surface area contributed by atoms with Gasteiger partial charge in [-0.05, 0) is 42.3 Å². The molecule has 0 spiro atoms. The van der Waals surface area contributed by atoms with Crippen molar-refractivity contribution in [3.05, 3.63) is 77.4 Å². The van der Waals surface area contributed by atoms with Crippen LogP contribution in [0.5, 0.6) is 0 Å². The molecule has 4 heteroatoms. The van der Waals surface area contributed by atoms with Crippen molar-refractivity contribution in [1.82, 2.24) is 4.57 Å². The van der Waals surface area contributed by atoms with E-state index in [1.807, 2.05) is 28.8 Å². The highest BCUT2D eigenvalue weighted by atomic mass is 19.1. The molecule has 1 unspecified atom stereocenters. The van der Waals surface area contributed by atoms with Gasteiger partial charge in [0.1, 0.15) is 11.5 Å². The van der Waals surface area contributed by atoms with Gasteiger partial charge in [0, 0.05) is 22.9 Å². The lowest BCUT2D eigenvalue weighted by molar-refractivity contribution is 0.0517. The van der Waals surface area contributed by atoms with Gasteiger partial charge < -0.3 is 9.30 Å². The number of benzene rings is 2. The molecule has 1 aromatic heterocycles. The van der Waals surface area contributed by atoms with E-state index in [9.17, 15) is 9.18 Å². The molecule has 1 aliphatic rings. The molecule has 1 atom stereocenters. The van der Waals surface area contributed by atoms with Crippen molar-refractivity contribution in [2.24, 2.45) is 0 Å². The number of fused-ring (bicyclic) bond motifs is 3. The van der Waals surface area contributed by atoms with E-state index < -0.39 is 0 Å². The molecule has 0 N–H and O–H groups in total. The van der Waals surface area contributed by atoms with Crippen molar-refractivity contribution in [3.8, 4) is 16.8 Å². The fourth-order valence-electron chi connectivity index (χ4n) is 3.63. The van der Waals surface area contributed by atoms with Crippen molar-refractivity contribution in [3.63, 3.8) is 0 Å². The molecular weight excluding hydrogens is 317 g/mol. The molecule has 2 aromatic carbocycles. The minimum Gasteiger partial charge on any atom is -0.461 e. The predicted molar refractivity (Wildman–Crippen MR) is 94.6 cm³/mol. The first-order valence-electron chi connectivity index (χ1n) is 8.39. The van der Waals surface area contributed by atoms with E-state index in [0.717, 1.165) is 22.5 Å². The number of halogens is 1. The number of aromatic nitrogens is 1. The van der Waals surface area contributed by atoms with E-state index in [1.54, 1.807) is 19.1 Å². The molecule has 2 heterocycles. The highest BCUT2D eigenvalue weighted by Crippen LogP contribution is 2.45. The van der Waals surface area contributed by atoms with Crippen LogP contribution in [0.4, 0.5) is 4.39 Å². The number of rotatable bonds is 3. The number of esters is 1. The summed E-state index contributed by atoms with van der Waals surface area (Å²) in [6, 6.07) is 16.3. The van der Waals surface area contributed by atoms with Crippen molar-refractivity contribution in [2.75, 3.05) is 6.61 Å². The molecule has 0 radical (unpaired) electrons. The maximum atomic E-state index is 13.3. The Morgan fingerprint density at radius 3 is 2.60 bits per heavy atom. The molecule has 3 nitrogen and oxygen atoms in total. The minimum atomic E-state index is -0.346. The van der Waals surface area contributed by atoms with Gasteiger partial charge in [-0.25, -0.2) is 9.18 Å². The maximum absolute atomic E-state index is 13.3. The number of ether oxygens (including phenoxy) is 1.